The Balaban J connectivity index is 1.80. The standard InChI is InChI=1S/C19H21ClFN3O2/c1-23(12-18(25)22-17-8-6-15(20)7-9-17)13-19(26)24(2)11-14-4-3-5-16(21)10-14/h3-10H,11-13H2,1-2H3,(H,22,25). The molecule has 5 nitrogen and oxygen atoms in total. The van der Waals surface area contributed by atoms with Crippen LogP contribution in [0, 0.1) is 5.82 Å². The number of carbonyl (C=O) groups is 2. The van der Waals surface area contributed by atoms with Crippen molar-refractivity contribution < 1.29 is 14.0 Å². The van der Waals surface area contributed by atoms with E-state index in [2.05, 4.69) is 5.32 Å². The molecule has 0 bridgehead atoms. The predicted octanol–water partition coefficient (Wildman–Crippen LogP) is 3.01. The van der Waals surface area contributed by atoms with Crippen molar-refractivity contribution in [3.05, 3.63) is 64.9 Å². The van der Waals surface area contributed by atoms with Crippen molar-refractivity contribution in [1.29, 1.82) is 0 Å². The molecule has 0 heterocycles. The van der Waals surface area contributed by atoms with Gasteiger partial charge in [-0.15, -0.1) is 0 Å². The van der Waals surface area contributed by atoms with E-state index in [0.717, 1.165) is 0 Å². The molecule has 138 valence electrons. The smallest absolute Gasteiger partial charge is 0.238 e. The van der Waals surface area contributed by atoms with Crippen LogP contribution in [0.3, 0.4) is 0 Å². The van der Waals surface area contributed by atoms with Gasteiger partial charge in [0.05, 0.1) is 13.1 Å². The molecule has 2 aromatic carbocycles. The van der Waals surface area contributed by atoms with E-state index < -0.39 is 0 Å². The Bertz CT molecular complexity index is 768. The molecule has 0 aliphatic heterocycles. The topological polar surface area (TPSA) is 52.7 Å². The van der Waals surface area contributed by atoms with E-state index in [1.54, 1.807) is 55.4 Å². The SMILES string of the molecule is CN(CC(=O)Nc1ccc(Cl)cc1)CC(=O)N(C)Cc1cccc(F)c1. The lowest BCUT2D eigenvalue weighted by atomic mass is 10.2. The zero-order valence-electron chi connectivity index (χ0n) is 14.7. The summed E-state index contributed by atoms with van der Waals surface area (Å²) in [4.78, 5) is 27.4. The molecule has 0 aromatic heterocycles. The fourth-order valence-electron chi connectivity index (χ4n) is 2.38. The van der Waals surface area contributed by atoms with Crippen LogP contribution in [0.25, 0.3) is 0 Å². The third-order valence-corrected chi connectivity index (χ3v) is 3.93. The van der Waals surface area contributed by atoms with E-state index in [1.807, 2.05) is 0 Å². The van der Waals surface area contributed by atoms with E-state index in [9.17, 15) is 14.0 Å². The summed E-state index contributed by atoms with van der Waals surface area (Å²) in [5.74, 6) is -0.717. The lowest BCUT2D eigenvalue weighted by Gasteiger charge is -2.21. The first-order valence-corrected chi connectivity index (χ1v) is 8.43. The molecule has 0 aliphatic rings. The molecule has 2 rings (SSSR count). The molecule has 0 saturated heterocycles. The number of hydrogen-bond acceptors (Lipinski definition) is 3. The summed E-state index contributed by atoms with van der Waals surface area (Å²) in [5, 5.41) is 3.33. The molecule has 2 aromatic rings. The van der Waals surface area contributed by atoms with Crippen LogP contribution in [0.2, 0.25) is 5.02 Å². The minimum absolute atomic E-state index is 0.0716. The Hall–Kier alpha value is -2.44. The van der Waals surface area contributed by atoms with Gasteiger partial charge in [0.25, 0.3) is 0 Å². The Labute approximate surface area is 157 Å². The number of anilines is 1. The normalized spacial score (nSPS) is 10.7. The van der Waals surface area contributed by atoms with Crippen LogP contribution in [0.1, 0.15) is 5.56 Å². The average Bonchev–Trinajstić information content (AvgIpc) is 2.56. The second-order valence-electron chi connectivity index (χ2n) is 6.11. The number of likely N-dealkylation sites (N-methyl/N-ethyl adjacent to an activating group) is 2. The third kappa shape index (κ3) is 6.46. The Kier molecular flexibility index (Phi) is 7.12. The van der Waals surface area contributed by atoms with Gasteiger partial charge in [-0.2, -0.15) is 0 Å². The van der Waals surface area contributed by atoms with Crippen molar-refractivity contribution in [3.8, 4) is 0 Å². The molecule has 26 heavy (non-hydrogen) atoms. The number of benzene rings is 2. The molecule has 2 amide bonds. The second kappa shape index (κ2) is 9.31. The van der Waals surface area contributed by atoms with E-state index >= 15 is 0 Å². The minimum Gasteiger partial charge on any atom is -0.340 e. The first-order chi connectivity index (χ1) is 12.3. The van der Waals surface area contributed by atoms with Gasteiger partial charge in [-0.1, -0.05) is 23.7 Å². The van der Waals surface area contributed by atoms with E-state index in [0.29, 0.717) is 22.8 Å². The van der Waals surface area contributed by atoms with Crippen LogP contribution in [-0.4, -0.2) is 48.8 Å². The number of hydrogen-bond donors (Lipinski definition) is 1. The van der Waals surface area contributed by atoms with Gasteiger partial charge in [0.2, 0.25) is 11.8 Å². The largest absolute Gasteiger partial charge is 0.340 e. The monoisotopic (exact) mass is 377 g/mol. The molecule has 7 heteroatoms. The predicted molar refractivity (Wildman–Crippen MR) is 100 cm³/mol. The molecule has 0 fully saturated rings. The molecule has 0 radical (unpaired) electrons. The quantitative estimate of drug-likeness (QED) is 0.807. The van der Waals surface area contributed by atoms with Gasteiger partial charge in [0.1, 0.15) is 5.82 Å². The molecule has 0 aliphatic carbocycles. The van der Waals surface area contributed by atoms with Gasteiger partial charge < -0.3 is 10.2 Å². The number of carbonyl (C=O) groups excluding carboxylic acids is 2. The molecule has 0 unspecified atom stereocenters. The fraction of sp³-hybridized carbons (Fsp3) is 0.263. The molecular weight excluding hydrogens is 357 g/mol. The highest BCUT2D eigenvalue weighted by molar-refractivity contribution is 6.30. The van der Waals surface area contributed by atoms with Gasteiger partial charge in [-0.05, 0) is 49.0 Å². The first-order valence-electron chi connectivity index (χ1n) is 8.06. The van der Waals surface area contributed by atoms with E-state index in [-0.39, 0.29) is 30.7 Å². The van der Waals surface area contributed by atoms with Crippen molar-refractivity contribution in [3.63, 3.8) is 0 Å². The Morgan fingerprint density at radius 3 is 2.42 bits per heavy atom. The van der Waals surface area contributed by atoms with Crippen LogP contribution in [0.15, 0.2) is 48.5 Å². The highest BCUT2D eigenvalue weighted by Gasteiger charge is 2.15. The van der Waals surface area contributed by atoms with Gasteiger partial charge in [0, 0.05) is 24.3 Å². The van der Waals surface area contributed by atoms with Gasteiger partial charge >= 0.3 is 0 Å². The van der Waals surface area contributed by atoms with Crippen LogP contribution >= 0.6 is 11.6 Å². The van der Waals surface area contributed by atoms with Gasteiger partial charge in [-0.3, -0.25) is 14.5 Å². The number of amides is 2. The summed E-state index contributed by atoms with van der Waals surface area (Å²) >= 11 is 5.80. The zero-order chi connectivity index (χ0) is 19.1. The van der Waals surface area contributed by atoms with E-state index in [4.69, 9.17) is 11.6 Å². The lowest BCUT2D eigenvalue weighted by molar-refractivity contribution is -0.131. The minimum atomic E-state index is -0.334. The van der Waals surface area contributed by atoms with Crippen molar-refractivity contribution in [1.82, 2.24) is 9.80 Å². The molecular formula is C19H21ClFN3O2. The molecule has 0 saturated carbocycles. The first kappa shape index (κ1) is 19.9. The van der Waals surface area contributed by atoms with Gasteiger partial charge in [-0.25, -0.2) is 4.39 Å². The van der Waals surface area contributed by atoms with Crippen LogP contribution in [0.4, 0.5) is 10.1 Å². The summed E-state index contributed by atoms with van der Waals surface area (Å²) in [7, 11) is 3.34. The van der Waals surface area contributed by atoms with Crippen molar-refractivity contribution in [2.24, 2.45) is 0 Å². The summed E-state index contributed by atoms with van der Waals surface area (Å²) in [6, 6.07) is 12.9. The number of nitrogens with one attached hydrogen (secondary N) is 1. The molecule has 1 N–H and O–H groups in total. The highest BCUT2D eigenvalue weighted by atomic mass is 35.5. The lowest BCUT2D eigenvalue weighted by Crippen LogP contribution is -2.39. The van der Waals surface area contributed by atoms with Crippen molar-refractivity contribution in [2.45, 2.75) is 6.54 Å². The van der Waals surface area contributed by atoms with Crippen LogP contribution in [0.5, 0.6) is 0 Å². The summed E-state index contributed by atoms with van der Waals surface area (Å²) in [6.07, 6.45) is 0. The maximum Gasteiger partial charge on any atom is 0.238 e. The van der Waals surface area contributed by atoms with Crippen molar-refractivity contribution >= 4 is 29.1 Å². The molecule has 0 atom stereocenters. The number of rotatable bonds is 7. The number of nitrogens with zero attached hydrogens (tertiary/aromatic N) is 2. The maximum atomic E-state index is 13.2. The highest BCUT2D eigenvalue weighted by Crippen LogP contribution is 2.13. The fourth-order valence-corrected chi connectivity index (χ4v) is 2.51. The summed E-state index contributed by atoms with van der Waals surface area (Å²) in [5.41, 5.74) is 1.35. The van der Waals surface area contributed by atoms with E-state index in [1.165, 1.54) is 17.0 Å². The third-order valence-electron chi connectivity index (χ3n) is 3.68. The zero-order valence-corrected chi connectivity index (χ0v) is 15.5. The summed E-state index contributed by atoms with van der Waals surface area (Å²) in [6.45, 7) is 0.462. The molecule has 0 spiro atoms. The Morgan fingerprint density at radius 2 is 1.77 bits per heavy atom. The van der Waals surface area contributed by atoms with Crippen LogP contribution in [-0.2, 0) is 16.1 Å². The number of halogens is 2. The Morgan fingerprint density at radius 1 is 1.08 bits per heavy atom. The second-order valence-corrected chi connectivity index (χ2v) is 6.54. The average molecular weight is 378 g/mol. The van der Waals surface area contributed by atoms with Crippen molar-refractivity contribution in [2.75, 3.05) is 32.5 Å². The van der Waals surface area contributed by atoms with Crippen LogP contribution < -0.4 is 5.32 Å². The van der Waals surface area contributed by atoms with Gasteiger partial charge in [0.15, 0.2) is 0 Å². The summed E-state index contributed by atoms with van der Waals surface area (Å²) < 4.78 is 13.2. The maximum absolute atomic E-state index is 13.2.